The van der Waals surface area contributed by atoms with Crippen molar-refractivity contribution in [1.29, 1.82) is 10.5 Å². The monoisotopic (exact) mass is 517 g/mol. The molecule has 0 saturated carbocycles. The third kappa shape index (κ3) is 4.05. The number of rotatable bonds is 4. The quantitative estimate of drug-likeness (QED) is 0.404. The number of hydrogen-bond acceptors (Lipinski definition) is 8. The van der Waals surface area contributed by atoms with Crippen molar-refractivity contribution < 1.29 is 9.13 Å². The fraction of sp³-hybridized carbons (Fsp3) is 0.200. The first-order valence-electron chi connectivity index (χ1n) is 11.1. The lowest BCUT2D eigenvalue weighted by Gasteiger charge is -2.21. The molecule has 1 saturated heterocycles. The van der Waals surface area contributed by atoms with Crippen molar-refractivity contribution in [1.82, 2.24) is 19.1 Å². The molecule has 10 nitrogen and oxygen atoms in total. The summed E-state index contributed by atoms with van der Waals surface area (Å²) in [5, 5.41) is 18.4. The molecular weight excluding hydrogens is 501 g/mol. The van der Waals surface area contributed by atoms with Crippen LogP contribution in [0.5, 0.6) is 5.88 Å². The molecule has 0 unspecified atom stereocenters. The Kier molecular flexibility index (Phi) is 6.07. The van der Waals surface area contributed by atoms with Crippen LogP contribution in [0.2, 0.25) is 5.02 Å². The number of fused-ring (bicyclic) bond motifs is 1. The van der Waals surface area contributed by atoms with E-state index in [1.807, 2.05) is 11.0 Å². The van der Waals surface area contributed by atoms with Crippen LogP contribution in [0.25, 0.3) is 22.3 Å². The predicted molar refractivity (Wildman–Crippen MR) is 133 cm³/mol. The van der Waals surface area contributed by atoms with Crippen molar-refractivity contribution >= 4 is 28.3 Å². The summed E-state index contributed by atoms with van der Waals surface area (Å²) in [5.74, 6) is -0.497. The maximum atomic E-state index is 14.0. The number of aromatic nitrogens is 4. The minimum Gasteiger partial charge on any atom is -0.480 e. The van der Waals surface area contributed by atoms with Crippen molar-refractivity contribution in [3.8, 4) is 29.4 Å². The van der Waals surface area contributed by atoms with E-state index in [-0.39, 0.29) is 44.7 Å². The molecule has 5 rings (SSSR count). The fourth-order valence-electron chi connectivity index (χ4n) is 4.37. The van der Waals surface area contributed by atoms with E-state index in [4.69, 9.17) is 16.3 Å². The van der Waals surface area contributed by atoms with Crippen LogP contribution in [0, 0.1) is 34.4 Å². The minimum absolute atomic E-state index is 0.0234. The third-order valence-corrected chi connectivity index (χ3v) is 6.44. The van der Waals surface area contributed by atoms with E-state index in [9.17, 15) is 24.5 Å². The standard InChI is InChI=1S/C25H17ClFN7O3/c1-37-23-22-20(8-21(31-23)32-5-4-14(9-28)13-32)33(16-2-3-19(27)18(26)7-16)25(36)34(24(22)35)17-6-15(10-29)11-30-12-17/h2-3,6-8,11-12,14H,4-5,13H2,1H3/t14-/m0/s1. The summed E-state index contributed by atoms with van der Waals surface area (Å²) >= 11 is 6.04. The molecule has 1 aliphatic heterocycles. The Morgan fingerprint density at radius 1 is 1.14 bits per heavy atom. The van der Waals surface area contributed by atoms with Crippen LogP contribution in [0.4, 0.5) is 10.2 Å². The minimum atomic E-state index is -0.799. The molecule has 0 amide bonds. The van der Waals surface area contributed by atoms with E-state index in [0.717, 1.165) is 10.6 Å². The van der Waals surface area contributed by atoms with Crippen LogP contribution >= 0.6 is 11.6 Å². The number of halogens is 2. The van der Waals surface area contributed by atoms with Gasteiger partial charge >= 0.3 is 5.69 Å². The van der Waals surface area contributed by atoms with Gasteiger partial charge in [-0.15, -0.1) is 0 Å². The summed E-state index contributed by atoms with van der Waals surface area (Å²) in [6, 6.07) is 10.8. The first-order valence-corrected chi connectivity index (χ1v) is 11.5. The van der Waals surface area contributed by atoms with Crippen LogP contribution in [0.1, 0.15) is 12.0 Å². The Balaban J connectivity index is 1.90. The van der Waals surface area contributed by atoms with Crippen molar-refractivity contribution in [2.45, 2.75) is 6.42 Å². The van der Waals surface area contributed by atoms with Crippen molar-refractivity contribution in [3.05, 3.63) is 80.0 Å². The molecule has 1 aliphatic rings. The van der Waals surface area contributed by atoms with E-state index < -0.39 is 17.1 Å². The van der Waals surface area contributed by atoms with E-state index in [1.54, 1.807) is 6.07 Å². The number of methoxy groups -OCH3 is 1. The van der Waals surface area contributed by atoms with Crippen LogP contribution in [-0.2, 0) is 0 Å². The second kappa shape index (κ2) is 9.37. The number of nitriles is 2. The van der Waals surface area contributed by atoms with E-state index in [2.05, 4.69) is 16.0 Å². The molecule has 1 aromatic carbocycles. The Morgan fingerprint density at radius 2 is 1.95 bits per heavy atom. The molecule has 184 valence electrons. The summed E-state index contributed by atoms with van der Waals surface area (Å²) in [6.45, 7) is 0.977. The van der Waals surface area contributed by atoms with Crippen LogP contribution in [0.15, 0.2) is 52.3 Å². The molecule has 1 atom stereocenters. The SMILES string of the molecule is COc1nc(N2CC[C@@H](C#N)C2)cc2c1c(=O)n(-c1cncc(C#N)c1)c(=O)n2-c1ccc(F)c(Cl)c1. The average Bonchev–Trinajstić information content (AvgIpc) is 3.39. The van der Waals surface area contributed by atoms with E-state index >= 15 is 0 Å². The molecule has 0 bridgehead atoms. The second-order valence-corrected chi connectivity index (χ2v) is 8.75. The lowest BCUT2D eigenvalue weighted by Crippen LogP contribution is -2.39. The number of pyridine rings is 2. The summed E-state index contributed by atoms with van der Waals surface area (Å²) in [5.41, 5.74) is -1.00. The van der Waals surface area contributed by atoms with Gasteiger partial charge in [-0.25, -0.2) is 13.8 Å². The molecule has 3 aromatic heterocycles. The van der Waals surface area contributed by atoms with E-state index in [1.165, 1.54) is 42.3 Å². The van der Waals surface area contributed by atoms with Gasteiger partial charge in [0.1, 0.15) is 23.1 Å². The number of ether oxygens (including phenoxy) is 1. The second-order valence-electron chi connectivity index (χ2n) is 8.35. The van der Waals surface area contributed by atoms with Gasteiger partial charge in [0.2, 0.25) is 5.88 Å². The normalized spacial score (nSPS) is 14.9. The highest BCUT2D eigenvalue weighted by molar-refractivity contribution is 6.30. The number of hydrogen-bond donors (Lipinski definition) is 0. The van der Waals surface area contributed by atoms with Gasteiger partial charge in [-0.2, -0.15) is 15.5 Å². The maximum Gasteiger partial charge on any atom is 0.340 e. The van der Waals surface area contributed by atoms with Crippen LogP contribution in [0.3, 0.4) is 0 Å². The van der Waals surface area contributed by atoms with Gasteiger partial charge in [0.05, 0.1) is 52.8 Å². The number of benzene rings is 1. The van der Waals surface area contributed by atoms with Gasteiger partial charge in [-0.05, 0) is 30.7 Å². The van der Waals surface area contributed by atoms with Gasteiger partial charge in [0.25, 0.3) is 5.56 Å². The Hall–Kier alpha value is -4.74. The highest BCUT2D eigenvalue weighted by Gasteiger charge is 2.27. The molecule has 0 aliphatic carbocycles. The highest BCUT2D eigenvalue weighted by Crippen LogP contribution is 2.30. The van der Waals surface area contributed by atoms with Crippen molar-refractivity contribution in [2.24, 2.45) is 5.92 Å². The van der Waals surface area contributed by atoms with Gasteiger partial charge in [0, 0.05) is 25.4 Å². The molecule has 4 aromatic rings. The summed E-state index contributed by atoms with van der Waals surface area (Å²) in [6.07, 6.45) is 3.22. The topological polar surface area (TPSA) is 130 Å². The highest BCUT2D eigenvalue weighted by atomic mass is 35.5. The largest absolute Gasteiger partial charge is 0.480 e. The van der Waals surface area contributed by atoms with Crippen molar-refractivity contribution in [3.63, 3.8) is 0 Å². The lowest BCUT2D eigenvalue weighted by atomic mass is 10.1. The Labute approximate surface area is 214 Å². The number of nitrogens with zero attached hydrogens (tertiary/aromatic N) is 7. The molecule has 0 spiro atoms. The Morgan fingerprint density at radius 3 is 2.62 bits per heavy atom. The molecule has 12 heteroatoms. The van der Waals surface area contributed by atoms with E-state index in [0.29, 0.717) is 25.3 Å². The zero-order valence-corrected chi connectivity index (χ0v) is 20.1. The average molecular weight is 518 g/mol. The van der Waals surface area contributed by atoms with Gasteiger partial charge in [-0.3, -0.25) is 14.3 Å². The van der Waals surface area contributed by atoms with Gasteiger partial charge in [-0.1, -0.05) is 11.6 Å². The van der Waals surface area contributed by atoms with Crippen molar-refractivity contribution in [2.75, 3.05) is 25.1 Å². The molecule has 4 heterocycles. The first-order chi connectivity index (χ1) is 17.9. The van der Waals surface area contributed by atoms with Crippen LogP contribution < -0.4 is 20.9 Å². The van der Waals surface area contributed by atoms with Crippen LogP contribution in [-0.4, -0.2) is 39.3 Å². The molecule has 0 N–H and O–H groups in total. The summed E-state index contributed by atoms with van der Waals surface area (Å²) in [4.78, 5) is 38.0. The third-order valence-electron chi connectivity index (χ3n) is 6.15. The smallest absolute Gasteiger partial charge is 0.340 e. The summed E-state index contributed by atoms with van der Waals surface area (Å²) < 4.78 is 21.5. The predicted octanol–water partition coefficient (Wildman–Crippen LogP) is 2.95. The van der Waals surface area contributed by atoms with Gasteiger partial charge < -0.3 is 9.64 Å². The number of anilines is 1. The summed E-state index contributed by atoms with van der Waals surface area (Å²) in [7, 11) is 1.35. The zero-order valence-electron chi connectivity index (χ0n) is 19.4. The molecule has 0 radical (unpaired) electrons. The van der Waals surface area contributed by atoms with Gasteiger partial charge in [0.15, 0.2) is 0 Å². The Bertz CT molecular complexity index is 1770. The zero-order chi connectivity index (χ0) is 26.3. The molecule has 37 heavy (non-hydrogen) atoms. The molecule has 1 fully saturated rings. The molecular formula is C25H17ClFN7O3. The lowest BCUT2D eigenvalue weighted by molar-refractivity contribution is 0.402. The fourth-order valence-corrected chi connectivity index (χ4v) is 4.55. The maximum absolute atomic E-state index is 14.0. The first kappa shape index (κ1) is 24.0.